The Balaban J connectivity index is 1.93. The molecule has 2 rings (SSSR count). The van der Waals surface area contributed by atoms with Crippen LogP contribution >= 0.6 is 0 Å². The van der Waals surface area contributed by atoms with Gasteiger partial charge in [0.25, 0.3) is 11.5 Å². The van der Waals surface area contributed by atoms with E-state index in [9.17, 15) is 22.8 Å². The van der Waals surface area contributed by atoms with Gasteiger partial charge in [-0.05, 0) is 12.8 Å². The van der Waals surface area contributed by atoms with E-state index in [4.69, 9.17) is 5.11 Å². The third-order valence-electron chi connectivity index (χ3n) is 3.44. The summed E-state index contributed by atoms with van der Waals surface area (Å²) in [6.45, 7) is -0.526. The van der Waals surface area contributed by atoms with Crippen molar-refractivity contribution in [3.63, 3.8) is 0 Å². The third kappa shape index (κ3) is 2.58. The van der Waals surface area contributed by atoms with Gasteiger partial charge in [-0.2, -0.15) is 4.39 Å². The number of aromatic nitrogens is 2. The number of alkyl halides is 2. The lowest BCUT2D eigenvalue weighted by molar-refractivity contribution is 0.0708. The smallest absolute Gasteiger partial charge is 0.328 e. The molecule has 5 nitrogen and oxygen atoms in total. The van der Waals surface area contributed by atoms with Crippen molar-refractivity contribution in [1.29, 1.82) is 0 Å². The summed E-state index contributed by atoms with van der Waals surface area (Å²) in [5.41, 5.74) is -1.87. The third-order valence-corrected chi connectivity index (χ3v) is 3.44. The lowest BCUT2D eigenvalue weighted by Gasteiger charge is -2.04. The number of aliphatic hydroxyl groups excluding tert-OH is 1. The zero-order chi connectivity index (χ0) is 14.2. The molecule has 1 aromatic rings. The first kappa shape index (κ1) is 13.9. The summed E-state index contributed by atoms with van der Waals surface area (Å²) in [7, 11) is 0. The number of H-pyrrole nitrogens is 1. The second-order valence-corrected chi connectivity index (χ2v) is 4.64. The van der Waals surface area contributed by atoms with Gasteiger partial charge in [0.15, 0.2) is 0 Å². The molecule has 106 valence electrons. The van der Waals surface area contributed by atoms with Crippen LogP contribution in [-0.4, -0.2) is 27.2 Å². The number of nitrogens with zero attached hydrogens (tertiary/aromatic N) is 1. The van der Waals surface area contributed by atoms with Gasteiger partial charge in [-0.3, -0.25) is 14.3 Å². The average molecular weight is 278 g/mol. The molecular weight excluding hydrogens is 265 g/mol. The van der Waals surface area contributed by atoms with Crippen LogP contribution in [0.15, 0.2) is 15.8 Å². The summed E-state index contributed by atoms with van der Waals surface area (Å²) in [5, 5.41) is 8.71. The Labute approximate surface area is 105 Å². The normalized spacial score (nSPS) is 24.4. The Bertz CT molecular complexity index is 581. The van der Waals surface area contributed by atoms with E-state index in [1.165, 1.54) is 0 Å². The molecule has 1 fully saturated rings. The lowest BCUT2D eigenvalue weighted by atomic mass is 10.2. The van der Waals surface area contributed by atoms with E-state index < -0.39 is 41.4 Å². The predicted molar refractivity (Wildman–Crippen MR) is 59.5 cm³/mol. The van der Waals surface area contributed by atoms with Crippen molar-refractivity contribution in [1.82, 2.24) is 9.55 Å². The molecule has 0 amide bonds. The van der Waals surface area contributed by atoms with E-state index in [-0.39, 0.29) is 19.4 Å². The number of hydrogen-bond donors (Lipinski definition) is 2. The van der Waals surface area contributed by atoms with Crippen molar-refractivity contribution in [2.24, 2.45) is 11.8 Å². The Morgan fingerprint density at radius 3 is 2.63 bits per heavy atom. The Morgan fingerprint density at radius 1 is 1.37 bits per heavy atom. The summed E-state index contributed by atoms with van der Waals surface area (Å²) >= 11 is 0. The van der Waals surface area contributed by atoms with Crippen LogP contribution in [0.4, 0.5) is 13.2 Å². The van der Waals surface area contributed by atoms with E-state index in [2.05, 4.69) is 0 Å². The minimum Gasteiger partial charge on any atom is -0.396 e. The molecule has 1 aromatic heterocycles. The van der Waals surface area contributed by atoms with Crippen LogP contribution in [-0.2, 0) is 6.54 Å². The molecule has 0 spiro atoms. The molecule has 2 atom stereocenters. The molecule has 1 aliphatic carbocycles. The molecule has 0 radical (unpaired) electrons. The van der Waals surface area contributed by atoms with Gasteiger partial charge in [-0.1, -0.05) is 0 Å². The number of aryl methyl sites for hydroxylation is 1. The molecule has 8 heteroatoms. The summed E-state index contributed by atoms with van der Waals surface area (Å²) in [6.07, 6.45) is 1.13. The number of rotatable bonds is 5. The highest BCUT2D eigenvalue weighted by atomic mass is 19.3. The Kier molecular flexibility index (Phi) is 3.53. The van der Waals surface area contributed by atoms with Gasteiger partial charge >= 0.3 is 5.69 Å². The van der Waals surface area contributed by atoms with Crippen molar-refractivity contribution < 1.29 is 18.3 Å². The van der Waals surface area contributed by atoms with Gasteiger partial charge in [0.1, 0.15) is 0 Å². The summed E-state index contributed by atoms with van der Waals surface area (Å²) in [5.74, 6) is -5.85. The molecule has 2 N–H and O–H groups in total. The summed E-state index contributed by atoms with van der Waals surface area (Å²) in [4.78, 5) is 23.8. The van der Waals surface area contributed by atoms with Gasteiger partial charge in [0.05, 0.1) is 18.7 Å². The van der Waals surface area contributed by atoms with Crippen LogP contribution in [0.1, 0.15) is 12.8 Å². The second-order valence-electron chi connectivity index (χ2n) is 4.64. The average Bonchev–Trinajstić information content (AvgIpc) is 2.86. The quantitative estimate of drug-likeness (QED) is 0.815. The zero-order valence-electron chi connectivity index (χ0n) is 9.91. The highest BCUT2D eigenvalue weighted by Crippen LogP contribution is 2.57. The number of hydrogen-bond acceptors (Lipinski definition) is 3. The van der Waals surface area contributed by atoms with Gasteiger partial charge < -0.3 is 5.11 Å². The van der Waals surface area contributed by atoms with E-state index in [1.807, 2.05) is 0 Å². The van der Waals surface area contributed by atoms with Crippen molar-refractivity contribution >= 4 is 0 Å². The van der Waals surface area contributed by atoms with E-state index in [0.29, 0.717) is 0 Å². The van der Waals surface area contributed by atoms with Gasteiger partial charge in [-0.25, -0.2) is 13.6 Å². The molecule has 0 aromatic carbocycles. The highest BCUT2D eigenvalue weighted by Gasteiger charge is 2.66. The number of halogens is 3. The molecule has 0 aliphatic heterocycles. The van der Waals surface area contributed by atoms with Crippen molar-refractivity contribution in [2.75, 3.05) is 6.61 Å². The fourth-order valence-corrected chi connectivity index (χ4v) is 2.23. The molecule has 0 saturated heterocycles. The number of nitrogens with one attached hydrogen (secondary N) is 1. The van der Waals surface area contributed by atoms with Crippen LogP contribution in [0.25, 0.3) is 0 Å². The second kappa shape index (κ2) is 4.84. The van der Waals surface area contributed by atoms with Gasteiger partial charge in [0, 0.05) is 12.5 Å². The highest BCUT2D eigenvalue weighted by molar-refractivity contribution is 5.04. The lowest BCUT2D eigenvalue weighted by Crippen LogP contribution is -2.31. The van der Waals surface area contributed by atoms with Crippen molar-refractivity contribution in [3.05, 3.63) is 32.9 Å². The first-order valence-corrected chi connectivity index (χ1v) is 5.86. The fourth-order valence-electron chi connectivity index (χ4n) is 2.23. The van der Waals surface area contributed by atoms with E-state index in [0.717, 1.165) is 10.8 Å². The van der Waals surface area contributed by atoms with Crippen LogP contribution < -0.4 is 11.2 Å². The first-order chi connectivity index (χ1) is 8.87. The maximum Gasteiger partial charge on any atom is 0.328 e. The van der Waals surface area contributed by atoms with Crippen LogP contribution in [0.3, 0.4) is 0 Å². The number of aliphatic hydroxyl groups is 1. The van der Waals surface area contributed by atoms with E-state index in [1.54, 1.807) is 4.98 Å². The molecule has 2 unspecified atom stereocenters. The monoisotopic (exact) mass is 278 g/mol. The minimum absolute atomic E-state index is 0.0390. The molecule has 0 bridgehead atoms. The first-order valence-electron chi connectivity index (χ1n) is 5.86. The standard InChI is InChI=1S/C11H13F3N2O3/c12-8-4-16(10(19)15-9(8)18)3-1-2-6-7(5-17)11(6,13)14/h4,6-7,17H,1-3,5H2,(H,15,18,19). The molecule has 19 heavy (non-hydrogen) atoms. The molecule has 1 saturated carbocycles. The Morgan fingerprint density at radius 2 is 2.05 bits per heavy atom. The maximum absolute atomic E-state index is 13.0. The van der Waals surface area contributed by atoms with E-state index >= 15 is 0 Å². The maximum atomic E-state index is 13.0. The number of aromatic amines is 1. The predicted octanol–water partition coefficient (Wildman–Crippen LogP) is 0.329. The van der Waals surface area contributed by atoms with Crippen LogP contribution in [0.5, 0.6) is 0 Å². The summed E-state index contributed by atoms with van der Waals surface area (Å²) in [6, 6.07) is 0. The molecular formula is C11H13F3N2O3. The van der Waals surface area contributed by atoms with Crippen LogP contribution in [0, 0.1) is 17.7 Å². The van der Waals surface area contributed by atoms with Gasteiger partial charge in [0.2, 0.25) is 5.82 Å². The summed E-state index contributed by atoms with van der Waals surface area (Å²) < 4.78 is 40.0. The topological polar surface area (TPSA) is 75.1 Å². The van der Waals surface area contributed by atoms with Crippen molar-refractivity contribution in [2.45, 2.75) is 25.3 Å². The SMILES string of the molecule is O=c1[nH]c(=O)n(CCCC2C(CO)C2(F)F)cc1F. The Hall–Kier alpha value is -1.57. The van der Waals surface area contributed by atoms with Crippen LogP contribution in [0.2, 0.25) is 0 Å². The van der Waals surface area contributed by atoms with Crippen molar-refractivity contribution in [3.8, 4) is 0 Å². The largest absolute Gasteiger partial charge is 0.396 e. The molecule has 1 aliphatic rings. The van der Waals surface area contributed by atoms with Gasteiger partial charge in [-0.15, -0.1) is 0 Å². The zero-order valence-corrected chi connectivity index (χ0v) is 9.91. The minimum atomic E-state index is -2.85. The molecule has 1 heterocycles. The fraction of sp³-hybridized carbons (Fsp3) is 0.636.